The van der Waals surface area contributed by atoms with Crippen molar-refractivity contribution in [2.24, 2.45) is 0 Å². The number of aromatic nitrogens is 1. The van der Waals surface area contributed by atoms with Gasteiger partial charge in [0, 0.05) is 24.0 Å². The molecule has 1 aliphatic rings. The third-order valence-electron chi connectivity index (χ3n) is 4.57. The second kappa shape index (κ2) is 8.62. The van der Waals surface area contributed by atoms with Crippen LogP contribution in [0, 0.1) is 0 Å². The smallest absolute Gasteiger partial charge is 0.339 e. The molecule has 2 aromatic rings. The molecule has 142 valence electrons. The molecule has 1 aliphatic carbocycles. The Kier molecular flexibility index (Phi) is 6.01. The molecule has 1 amide bonds. The highest BCUT2D eigenvalue weighted by Gasteiger charge is 2.25. The zero-order valence-corrected chi connectivity index (χ0v) is 15.2. The number of carbonyl (C=O) groups excluding carboxylic acids is 3. The van der Waals surface area contributed by atoms with Gasteiger partial charge < -0.3 is 14.8 Å². The van der Waals surface area contributed by atoms with E-state index in [0.29, 0.717) is 18.5 Å². The summed E-state index contributed by atoms with van der Waals surface area (Å²) in [5, 5.41) is 3.37. The van der Waals surface area contributed by atoms with Gasteiger partial charge in [-0.15, -0.1) is 0 Å². The van der Waals surface area contributed by atoms with Gasteiger partial charge in [0.15, 0.2) is 6.61 Å². The normalized spacial score (nSPS) is 12.5. The van der Waals surface area contributed by atoms with Crippen molar-refractivity contribution < 1.29 is 23.9 Å². The summed E-state index contributed by atoms with van der Waals surface area (Å²) in [6, 6.07) is 7.47. The zero-order chi connectivity index (χ0) is 19.2. The van der Waals surface area contributed by atoms with Gasteiger partial charge in [-0.1, -0.05) is 18.2 Å². The summed E-state index contributed by atoms with van der Waals surface area (Å²) in [6.07, 6.45) is 3.29. The van der Waals surface area contributed by atoms with E-state index in [9.17, 15) is 14.4 Å². The number of pyridine rings is 1. The lowest BCUT2D eigenvalue weighted by Crippen LogP contribution is -2.30. The van der Waals surface area contributed by atoms with E-state index in [0.717, 1.165) is 41.4 Å². The maximum Gasteiger partial charge on any atom is 0.339 e. The van der Waals surface area contributed by atoms with Crippen molar-refractivity contribution in [3.05, 3.63) is 41.1 Å². The molecule has 0 spiro atoms. The number of benzene rings is 1. The predicted octanol–water partition coefficient (Wildman–Crippen LogP) is 1.95. The van der Waals surface area contributed by atoms with Gasteiger partial charge >= 0.3 is 11.9 Å². The number of methoxy groups -OCH3 is 1. The van der Waals surface area contributed by atoms with Gasteiger partial charge in [-0.05, 0) is 37.3 Å². The number of para-hydroxylation sites is 1. The molecule has 0 saturated heterocycles. The van der Waals surface area contributed by atoms with Gasteiger partial charge in [-0.25, -0.2) is 4.79 Å². The first-order chi connectivity index (χ1) is 13.1. The van der Waals surface area contributed by atoms with Crippen LogP contribution in [0.25, 0.3) is 10.9 Å². The quantitative estimate of drug-likeness (QED) is 0.591. The Balaban J connectivity index is 1.62. The highest BCUT2D eigenvalue weighted by Crippen LogP contribution is 2.30. The molecule has 0 radical (unpaired) electrons. The number of esters is 2. The van der Waals surface area contributed by atoms with Crippen LogP contribution in [-0.2, 0) is 31.9 Å². The maximum atomic E-state index is 12.7. The SMILES string of the molecule is COC(=O)CCCNC(=O)COC(=O)c1c2c(nc3ccccc13)CCC2. The standard InChI is InChI=1S/C20H22N2O5/c1-26-18(24)10-5-11-21-17(23)12-27-20(25)19-13-6-2-3-8-15(13)22-16-9-4-7-14(16)19/h2-3,6,8H,4-5,7,9-12H2,1H3,(H,21,23). The first-order valence-corrected chi connectivity index (χ1v) is 9.01. The van der Waals surface area contributed by atoms with Crippen LogP contribution in [0.3, 0.4) is 0 Å². The highest BCUT2D eigenvalue weighted by molar-refractivity contribution is 6.05. The number of nitrogens with zero attached hydrogens (tertiary/aromatic N) is 1. The fraction of sp³-hybridized carbons (Fsp3) is 0.400. The Bertz CT molecular complexity index is 878. The monoisotopic (exact) mass is 370 g/mol. The molecule has 7 heteroatoms. The van der Waals surface area contributed by atoms with E-state index in [1.54, 1.807) is 0 Å². The minimum absolute atomic E-state index is 0.228. The highest BCUT2D eigenvalue weighted by atomic mass is 16.5. The average molecular weight is 370 g/mol. The Labute approximate surface area is 157 Å². The van der Waals surface area contributed by atoms with Crippen molar-refractivity contribution in [2.45, 2.75) is 32.1 Å². The molecule has 7 nitrogen and oxygen atoms in total. The lowest BCUT2D eigenvalue weighted by atomic mass is 10.0. The second-order valence-electron chi connectivity index (χ2n) is 6.39. The van der Waals surface area contributed by atoms with Crippen molar-refractivity contribution in [1.82, 2.24) is 10.3 Å². The van der Waals surface area contributed by atoms with Crippen LogP contribution >= 0.6 is 0 Å². The van der Waals surface area contributed by atoms with Gasteiger partial charge in [0.25, 0.3) is 5.91 Å². The molecular weight excluding hydrogens is 348 g/mol. The lowest BCUT2D eigenvalue weighted by molar-refractivity contribution is -0.140. The van der Waals surface area contributed by atoms with Gasteiger partial charge in [-0.2, -0.15) is 0 Å². The summed E-state index contributed by atoms with van der Waals surface area (Å²) >= 11 is 0. The van der Waals surface area contributed by atoms with Crippen molar-refractivity contribution in [3.8, 4) is 0 Å². The molecule has 1 aromatic heterocycles. The largest absolute Gasteiger partial charge is 0.469 e. The van der Waals surface area contributed by atoms with Crippen LogP contribution in [0.2, 0.25) is 0 Å². The Morgan fingerprint density at radius 2 is 2.00 bits per heavy atom. The van der Waals surface area contributed by atoms with Crippen molar-refractivity contribution in [3.63, 3.8) is 0 Å². The summed E-state index contributed by atoms with van der Waals surface area (Å²) in [5.41, 5.74) is 3.15. The van der Waals surface area contributed by atoms with E-state index in [-0.39, 0.29) is 19.0 Å². The number of ether oxygens (including phenoxy) is 2. The van der Waals surface area contributed by atoms with Gasteiger partial charge in [0.1, 0.15) is 0 Å². The van der Waals surface area contributed by atoms with Crippen molar-refractivity contribution >= 4 is 28.7 Å². The molecule has 0 saturated carbocycles. The molecule has 27 heavy (non-hydrogen) atoms. The maximum absolute atomic E-state index is 12.7. The number of hydrogen-bond donors (Lipinski definition) is 1. The Hall–Kier alpha value is -2.96. The average Bonchev–Trinajstić information content (AvgIpc) is 3.15. The Morgan fingerprint density at radius 1 is 1.19 bits per heavy atom. The molecule has 0 aliphatic heterocycles. The van der Waals surface area contributed by atoms with Crippen LogP contribution in [0.15, 0.2) is 24.3 Å². The van der Waals surface area contributed by atoms with Crippen molar-refractivity contribution in [2.75, 3.05) is 20.3 Å². The molecule has 3 rings (SSSR count). The molecule has 0 bridgehead atoms. The number of carbonyl (C=O) groups is 3. The molecule has 1 heterocycles. The number of aryl methyl sites for hydroxylation is 1. The van der Waals surface area contributed by atoms with Crippen molar-refractivity contribution in [1.29, 1.82) is 0 Å². The fourth-order valence-electron chi connectivity index (χ4n) is 3.26. The summed E-state index contributed by atoms with van der Waals surface area (Å²) in [4.78, 5) is 40.2. The molecule has 0 fully saturated rings. The summed E-state index contributed by atoms with van der Waals surface area (Å²) in [7, 11) is 1.32. The van der Waals surface area contributed by atoms with Crippen LogP contribution in [0.1, 0.15) is 40.9 Å². The lowest BCUT2D eigenvalue weighted by Gasteiger charge is -2.12. The number of fused-ring (bicyclic) bond motifs is 2. The molecule has 0 atom stereocenters. The topological polar surface area (TPSA) is 94.6 Å². The predicted molar refractivity (Wildman–Crippen MR) is 98.3 cm³/mol. The van der Waals surface area contributed by atoms with Gasteiger partial charge in [0.2, 0.25) is 0 Å². The first kappa shape index (κ1) is 18.8. The molecule has 1 aromatic carbocycles. The summed E-state index contributed by atoms with van der Waals surface area (Å²) in [6.45, 7) is -0.0401. The molecule has 0 unspecified atom stereocenters. The van der Waals surface area contributed by atoms with E-state index >= 15 is 0 Å². The minimum atomic E-state index is -0.503. The van der Waals surface area contributed by atoms with E-state index in [4.69, 9.17) is 4.74 Å². The molecule has 1 N–H and O–H groups in total. The van der Waals surface area contributed by atoms with Crippen LogP contribution in [-0.4, -0.2) is 43.1 Å². The van der Waals surface area contributed by atoms with E-state index < -0.39 is 11.9 Å². The molecular formula is C20H22N2O5. The summed E-state index contributed by atoms with van der Waals surface area (Å²) < 4.78 is 9.78. The second-order valence-corrected chi connectivity index (χ2v) is 6.39. The van der Waals surface area contributed by atoms with E-state index in [2.05, 4.69) is 15.0 Å². The van der Waals surface area contributed by atoms with Crippen LogP contribution in [0.4, 0.5) is 0 Å². The van der Waals surface area contributed by atoms with Crippen LogP contribution < -0.4 is 5.32 Å². The van der Waals surface area contributed by atoms with Gasteiger partial charge in [0.05, 0.1) is 18.2 Å². The minimum Gasteiger partial charge on any atom is -0.469 e. The zero-order valence-electron chi connectivity index (χ0n) is 15.2. The first-order valence-electron chi connectivity index (χ1n) is 9.01. The third kappa shape index (κ3) is 4.42. The van der Waals surface area contributed by atoms with Crippen LogP contribution in [0.5, 0.6) is 0 Å². The summed E-state index contributed by atoms with van der Waals surface area (Å²) in [5.74, 6) is -1.23. The van der Waals surface area contributed by atoms with Gasteiger partial charge in [-0.3, -0.25) is 14.6 Å². The number of hydrogen-bond acceptors (Lipinski definition) is 6. The number of amides is 1. The van der Waals surface area contributed by atoms with E-state index in [1.807, 2.05) is 24.3 Å². The van der Waals surface area contributed by atoms with E-state index in [1.165, 1.54) is 7.11 Å². The number of rotatable bonds is 7. The Morgan fingerprint density at radius 3 is 2.81 bits per heavy atom. The number of nitrogens with one attached hydrogen (secondary N) is 1. The fourth-order valence-corrected chi connectivity index (χ4v) is 3.26. The third-order valence-corrected chi connectivity index (χ3v) is 4.57.